The number of para-hydroxylation sites is 1. The summed E-state index contributed by atoms with van der Waals surface area (Å²) in [6.45, 7) is 3.96. The molecule has 0 aliphatic rings. The second-order valence-corrected chi connectivity index (χ2v) is 7.38. The van der Waals surface area contributed by atoms with Gasteiger partial charge in [0.15, 0.2) is 5.01 Å². The lowest BCUT2D eigenvalue weighted by atomic mass is 10.1. The van der Waals surface area contributed by atoms with E-state index >= 15 is 0 Å². The first-order valence-corrected chi connectivity index (χ1v) is 9.09. The predicted octanol–water partition coefficient (Wildman–Crippen LogP) is 5.59. The van der Waals surface area contributed by atoms with Crippen molar-refractivity contribution in [2.75, 3.05) is 0 Å². The molecule has 4 aromatic rings. The molecule has 3 nitrogen and oxygen atoms in total. The van der Waals surface area contributed by atoms with E-state index < -0.39 is 0 Å². The van der Waals surface area contributed by atoms with Crippen molar-refractivity contribution in [3.63, 3.8) is 0 Å². The van der Waals surface area contributed by atoms with Gasteiger partial charge in [-0.2, -0.15) is 0 Å². The number of benzene rings is 2. The van der Waals surface area contributed by atoms with E-state index in [2.05, 4.69) is 9.55 Å². The molecule has 0 fully saturated rings. The minimum Gasteiger partial charge on any atom is -0.318 e. The molecule has 0 N–H and O–H groups in total. The largest absolute Gasteiger partial charge is 0.318 e. The van der Waals surface area contributed by atoms with Gasteiger partial charge in [0.25, 0.3) is 0 Å². The number of rotatable bonds is 3. The normalized spacial score (nSPS) is 11.2. The van der Waals surface area contributed by atoms with Gasteiger partial charge in [0, 0.05) is 27.7 Å². The van der Waals surface area contributed by atoms with Crippen molar-refractivity contribution in [1.82, 2.24) is 9.55 Å². The molecule has 0 amide bonds. The summed E-state index contributed by atoms with van der Waals surface area (Å²) >= 11 is 7.42. The second kappa shape index (κ2) is 6.14. The lowest BCUT2D eigenvalue weighted by Crippen LogP contribution is -2.04. The van der Waals surface area contributed by atoms with E-state index in [-0.39, 0.29) is 5.78 Å². The lowest BCUT2D eigenvalue weighted by molar-refractivity contribution is 0.103. The maximum absolute atomic E-state index is 13.0. The maximum atomic E-state index is 13.0. The molecule has 0 spiro atoms. The molecule has 0 aliphatic heterocycles. The molecule has 0 unspecified atom stereocenters. The van der Waals surface area contributed by atoms with Crippen LogP contribution in [-0.2, 0) is 0 Å². The van der Waals surface area contributed by atoms with Crippen LogP contribution in [0.1, 0.15) is 26.8 Å². The number of carbonyl (C=O) groups excluding carboxylic acids is 1. The fourth-order valence-electron chi connectivity index (χ4n) is 3.06. The first-order valence-electron chi connectivity index (χ1n) is 7.90. The monoisotopic (exact) mass is 366 g/mol. The molecule has 0 saturated carbocycles. The lowest BCUT2D eigenvalue weighted by Gasteiger charge is -2.09. The van der Waals surface area contributed by atoms with Crippen LogP contribution in [0.15, 0.2) is 54.6 Å². The van der Waals surface area contributed by atoms with E-state index in [9.17, 15) is 4.79 Å². The van der Waals surface area contributed by atoms with Gasteiger partial charge in [-0.15, -0.1) is 11.3 Å². The summed E-state index contributed by atoms with van der Waals surface area (Å²) in [6.07, 6.45) is 0. The highest BCUT2D eigenvalue weighted by Gasteiger charge is 2.21. The Labute approximate surface area is 154 Å². The standard InChI is InChI=1S/C20H15ClN2OS/c1-12-11-16(13(2)23(12)15-9-7-14(21)8-10-15)19(24)20-22-17-5-3-4-6-18(17)25-20/h3-11H,1-2H3. The van der Waals surface area contributed by atoms with Gasteiger partial charge in [-0.25, -0.2) is 4.98 Å². The molecule has 5 heteroatoms. The molecule has 0 bridgehead atoms. The second-order valence-electron chi connectivity index (χ2n) is 5.91. The Hall–Kier alpha value is -2.43. The number of hydrogen-bond donors (Lipinski definition) is 0. The van der Waals surface area contributed by atoms with Crippen molar-refractivity contribution >= 4 is 38.9 Å². The molecule has 25 heavy (non-hydrogen) atoms. The zero-order valence-corrected chi connectivity index (χ0v) is 15.4. The minimum atomic E-state index is -0.0329. The van der Waals surface area contributed by atoms with E-state index in [0.29, 0.717) is 15.6 Å². The van der Waals surface area contributed by atoms with Gasteiger partial charge in [0.1, 0.15) is 0 Å². The molecule has 0 saturated heterocycles. The van der Waals surface area contributed by atoms with Crippen LogP contribution in [0.3, 0.4) is 0 Å². The predicted molar refractivity (Wildman–Crippen MR) is 103 cm³/mol. The number of hydrogen-bond acceptors (Lipinski definition) is 3. The van der Waals surface area contributed by atoms with Gasteiger partial charge in [0.2, 0.25) is 5.78 Å². The highest BCUT2D eigenvalue weighted by Crippen LogP contribution is 2.27. The van der Waals surface area contributed by atoms with E-state index in [1.165, 1.54) is 11.3 Å². The van der Waals surface area contributed by atoms with E-state index in [1.54, 1.807) is 0 Å². The topological polar surface area (TPSA) is 34.9 Å². The molecule has 4 rings (SSSR count). The van der Waals surface area contributed by atoms with Crippen LogP contribution in [0, 0.1) is 13.8 Å². The molecule has 0 atom stereocenters. The van der Waals surface area contributed by atoms with E-state index in [1.807, 2.05) is 68.4 Å². The highest BCUT2D eigenvalue weighted by atomic mass is 35.5. The van der Waals surface area contributed by atoms with Crippen LogP contribution in [0.25, 0.3) is 15.9 Å². The summed E-state index contributed by atoms with van der Waals surface area (Å²) in [5.74, 6) is -0.0329. The zero-order chi connectivity index (χ0) is 17.6. The first-order chi connectivity index (χ1) is 12.0. The SMILES string of the molecule is Cc1cc(C(=O)c2nc3ccccc3s2)c(C)n1-c1ccc(Cl)cc1. The Kier molecular flexibility index (Phi) is 3.94. The van der Waals surface area contributed by atoms with Gasteiger partial charge >= 0.3 is 0 Å². The number of carbonyl (C=O) groups is 1. The van der Waals surface area contributed by atoms with E-state index in [4.69, 9.17) is 11.6 Å². The summed E-state index contributed by atoms with van der Waals surface area (Å²) in [4.78, 5) is 17.5. The Balaban J connectivity index is 1.79. The van der Waals surface area contributed by atoms with Crippen molar-refractivity contribution in [2.45, 2.75) is 13.8 Å². The number of aryl methyl sites for hydroxylation is 1. The van der Waals surface area contributed by atoms with Crippen LogP contribution >= 0.6 is 22.9 Å². The number of nitrogens with zero attached hydrogens (tertiary/aromatic N) is 2. The van der Waals surface area contributed by atoms with Crippen molar-refractivity contribution in [3.8, 4) is 5.69 Å². The average molecular weight is 367 g/mol. The fraction of sp³-hybridized carbons (Fsp3) is 0.100. The fourth-order valence-corrected chi connectivity index (χ4v) is 4.11. The highest BCUT2D eigenvalue weighted by molar-refractivity contribution is 7.20. The van der Waals surface area contributed by atoms with Crippen molar-refractivity contribution in [1.29, 1.82) is 0 Å². The summed E-state index contributed by atoms with van der Waals surface area (Å²) in [5.41, 5.74) is 4.45. The Morgan fingerprint density at radius 1 is 1.08 bits per heavy atom. The van der Waals surface area contributed by atoms with Crippen molar-refractivity contribution in [2.24, 2.45) is 0 Å². The summed E-state index contributed by atoms with van der Waals surface area (Å²) in [7, 11) is 0. The third kappa shape index (κ3) is 2.77. The molecule has 124 valence electrons. The van der Waals surface area contributed by atoms with Gasteiger partial charge in [-0.1, -0.05) is 23.7 Å². The molecule has 2 aromatic carbocycles. The Morgan fingerprint density at radius 2 is 1.80 bits per heavy atom. The van der Waals surface area contributed by atoms with Crippen molar-refractivity contribution < 1.29 is 4.79 Å². The average Bonchev–Trinajstić information content (AvgIpc) is 3.16. The maximum Gasteiger partial charge on any atom is 0.223 e. The molecule has 0 radical (unpaired) electrons. The van der Waals surface area contributed by atoms with Crippen LogP contribution in [0.4, 0.5) is 0 Å². The smallest absolute Gasteiger partial charge is 0.223 e. The molecular formula is C20H15ClN2OS. The van der Waals surface area contributed by atoms with Gasteiger partial charge in [-0.3, -0.25) is 4.79 Å². The Morgan fingerprint density at radius 3 is 2.52 bits per heavy atom. The van der Waals surface area contributed by atoms with Crippen molar-refractivity contribution in [3.05, 3.63) is 81.6 Å². The molecule has 0 aliphatic carbocycles. The molecule has 2 aromatic heterocycles. The van der Waals surface area contributed by atoms with Gasteiger partial charge in [0.05, 0.1) is 10.2 Å². The third-order valence-electron chi connectivity index (χ3n) is 4.25. The van der Waals surface area contributed by atoms with E-state index in [0.717, 1.165) is 27.3 Å². The Bertz CT molecular complexity index is 1060. The number of halogens is 1. The summed E-state index contributed by atoms with van der Waals surface area (Å²) in [5, 5.41) is 1.22. The van der Waals surface area contributed by atoms with Crippen LogP contribution < -0.4 is 0 Å². The third-order valence-corrected chi connectivity index (χ3v) is 5.54. The first kappa shape index (κ1) is 16.1. The minimum absolute atomic E-state index is 0.0329. The zero-order valence-electron chi connectivity index (χ0n) is 13.8. The van der Waals surface area contributed by atoms with Crippen LogP contribution in [0.2, 0.25) is 5.02 Å². The quantitative estimate of drug-likeness (QED) is 0.443. The summed E-state index contributed by atoms with van der Waals surface area (Å²) in [6, 6.07) is 17.3. The number of thiazole rings is 1. The van der Waals surface area contributed by atoms with Gasteiger partial charge in [-0.05, 0) is 56.3 Å². The summed E-state index contributed by atoms with van der Waals surface area (Å²) < 4.78 is 3.09. The molecule has 2 heterocycles. The number of fused-ring (bicyclic) bond motifs is 1. The van der Waals surface area contributed by atoms with Gasteiger partial charge < -0.3 is 4.57 Å². The van der Waals surface area contributed by atoms with Crippen LogP contribution in [-0.4, -0.2) is 15.3 Å². The van der Waals surface area contributed by atoms with Crippen LogP contribution in [0.5, 0.6) is 0 Å². The number of ketones is 1. The molecular weight excluding hydrogens is 352 g/mol. The number of aromatic nitrogens is 2.